The van der Waals surface area contributed by atoms with Gasteiger partial charge in [0.1, 0.15) is 12.9 Å². The average molecular weight is 597 g/mol. The molecule has 0 atom stereocenters. The third-order valence-electron chi connectivity index (χ3n) is 7.04. The lowest BCUT2D eigenvalue weighted by Gasteiger charge is -2.27. The summed E-state index contributed by atoms with van der Waals surface area (Å²) in [6, 6.07) is 18.7. The van der Waals surface area contributed by atoms with E-state index in [1.165, 1.54) is 51.5 Å². The summed E-state index contributed by atoms with van der Waals surface area (Å²) in [5, 5.41) is 23.3. The summed E-state index contributed by atoms with van der Waals surface area (Å²) >= 11 is 0. The number of rotatable bonds is 8. The molecule has 11 heteroatoms. The van der Waals surface area contributed by atoms with Gasteiger partial charge in [0, 0.05) is 26.2 Å². The first-order valence-corrected chi connectivity index (χ1v) is 13.6. The van der Waals surface area contributed by atoms with E-state index >= 15 is 0 Å². The first-order valence-electron chi connectivity index (χ1n) is 13.6. The molecule has 2 amide bonds. The maximum Gasteiger partial charge on any atom is 0.335 e. The van der Waals surface area contributed by atoms with Crippen LogP contribution in [-0.2, 0) is 25.9 Å². The highest BCUT2D eigenvalue weighted by Gasteiger charge is 2.42. The number of anilines is 3. The monoisotopic (exact) mass is 596 g/mol. The molecule has 3 aromatic rings. The SMILES string of the molecule is CC1=C2C(=O)N(c3ccc(COO)cc3)N=C2N(c2ccc(C(=O)O)cc2)C(=O)C1.Cc1cc(N(C)C)ccc1C=CC=O. The normalized spacial score (nSPS) is 14.3. The topological polar surface area (TPSA) is 140 Å². The molecule has 0 spiro atoms. The Balaban J connectivity index is 0.000000265. The Labute approximate surface area is 254 Å². The Morgan fingerprint density at radius 3 is 2.23 bits per heavy atom. The van der Waals surface area contributed by atoms with Crippen LogP contribution in [0.5, 0.6) is 0 Å². The zero-order valence-corrected chi connectivity index (χ0v) is 24.7. The van der Waals surface area contributed by atoms with Gasteiger partial charge in [0.15, 0.2) is 5.84 Å². The van der Waals surface area contributed by atoms with Crippen molar-refractivity contribution >= 4 is 53.0 Å². The first kappa shape index (κ1) is 31.5. The number of carboxylic acids is 1. The number of hydrogen-bond donors (Lipinski definition) is 2. The van der Waals surface area contributed by atoms with Gasteiger partial charge >= 0.3 is 5.97 Å². The van der Waals surface area contributed by atoms with Crippen molar-refractivity contribution in [3.8, 4) is 0 Å². The lowest BCUT2D eigenvalue weighted by Crippen LogP contribution is -2.41. The number of aryl methyl sites for hydroxylation is 1. The van der Waals surface area contributed by atoms with Crippen molar-refractivity contribution in [2.45, 2.75) is 26.9 Å². The van der Waals surface area contributed by atoms with Gasteiger partial charge in [-0.3, -0.25) is 24.5 Å². The fourth-order valence-corrected chi connectivity index (χ4v) is 4.70. The molecule has 2 aliphatic heterocycles. The number of carboxylic acid groups (broad SMARTS) is 1. The summed E-state index contributed by atoms with van der Waals surface area (Å²) in [4.78, 5) is 54.6. The van der Waals surface area contributed by atoms with Gasteiger partial charge in [-0.25, -0.2) is 9.68 Å². The molecular weight excluding hydrogens is 564 g/mol. The van der Waals surface area contributed by atoms with E-state index in [-0.39, 0.29) is 36.2 Å². The minimum atomic E-state index is -1.07. The number of carbonyl (C=O) groups is 4. The molecule has 11 nitrogen and oxygen atoms in total. The van der Waals surface area contributed by atoms with E-state index in [1.807, 2.05) is 39.2 Å². The molecule has 0 aliphatic carbocycles. The van der Waals surface area contributed by atoms with E-state index < -0.39 is 5.97 Å². The molecule has 0 radical (unpaired) electrons. The lowest BCUT2D eigenvalue weighted by molar-refractivity contribution is -0.253. The Morgan fingerprint density at radius 2 is 1.66 bits per heavy atom. The van der Waals surface area contributed by atoms with E-state index in [0.29, 0.717) is 28.1 Å². The van der Waals surface area contributed by atoms with Crippen LogP contribution in [0.3, 0.4) is 0 Å². The summed E-state index contributed by atoms with van der Waals surface area (Å²) in [5.74, 6) is -1.48. The summed E-state index contributed by atoms with van der Waals surface area (Å²) in [7, 11) is 4.02. The van der Waals surface area contributed by atoms with Crippen molar-refractivity contribution in [2.75, 3.05) is 28.9 Å². The van der Waals surface area contributed by atoms with Crippen LogP contribution in [0.25, 0.3) is 6.08 Å². The van der Waals surface area contributed by atoms with E-state index in [2.05, 4.69) is 21.0 Å². The third-order valence-corrected chi connectivity index (χ3v) is 7.04. The van der Waals surface area contributed by atoms with Crippen LogP contribution in [-0.4, -0.2) is 54.4 Å². The summed E-state index contributed by atoms with van der Waals surface area (Å²) in [6.07, 6.45) is 4.18. The molecule has 226 valence electrons. The van der Waals surface area contributed by atoms with Crippen LogP contribution in [0.15, 0.2) is 89.1 Å². The van der Waals surface area contributed by atoms with Crippen molar-refractivity contribution in [2.24, 2.45) is 5.10 Å². The van der Waals surface area contributed by atoms with Gasteiger partial charge < -0.3 is 10.0 Å². The molecule has 2 heterocycles. The summed E-state index contributed by atoms with van der Waals surface area (Å²) in [5.41, 5.74) is 6.13. The molecule has 3 aromatic carbocycles. The quantitative estimate of drug-likeness (QED) is 0.159. The number of fused-ring (bicyclic) bond motifs is 1. The number of benzene rings is 3. The molecule has 0 saturated carbocycles. The van der Waals surface area contributed by atoms with Gasteiger partial charge in [0.25, 0.3) is 5.91 Å². The van der Waals surface area contributed by atoms with Crippen molar-refractivity contribution in [3.63, 3.8) is 0 Å². The minimum absolute atomic E-state index is 0.0155. The minimum Gasteiger partial charge on any atom is -0.478 e. The van der Waals surface area contributed by atoms with Crippen LogP contribution in [0.1, 0.15) is 40.4 Å². The molecule has 2 N–H and O–H groups in total. The molecule has 44 heavy (non-hydrogen) atoms. The van der Waals surface area contributed by atoms with E-state index in [1.54, 1.807) is 31.2 Å². The Bertz CT molecular complexity index is 1670. The number of allylic oxidation sites excluding steroid dienone is 1. The maximum atomic E-state index is 13.1. The second-order valence-corrected chi connectivity index (χ2v) is 10.3. The van der Waals surface area contributed by atoms with Crippen LogP contribution in [0, 0.1) is 6.92 Å². The van der Waals surface area contributed by atoms with Crippen LogP contribution in [0.4, 0.5) is 17.1 Å². The average Bonchev–Trinajstić information content (AvgIpc) is 3.34. The number of hydrogen-bond acceptors (Lipinski definition) is 8. The molecule has 0 saturated heterocycles. The van der Waals surface area contributed by atoms with E-state index in [0.717, 1.165) is 11.8 Å². The zero-order chi connectivity index (χ0) is 32.0. The molecule has 0 unspecified atom stereocenters. The predicted molar refractivity (Wildman–Crippen MR) is 168 cm³/mol. The van der Waals surface area contributed by atoms with Crippen molar-refractivity contribution < 1.29 is 34.4 Å². The van der Waals surface area contributed by atoms with Crippen LogP contribution in [0.2, 0.25) is 0 Å². The van der Waals surface area contributed by atoms with Gasteiger partial charge in [-0.1, -0.05) is 24.3 Å². The van der Waals surface area contributed by atoms with E-state index in [9.17, 15) is 19.2 Å². The largest absolute Gasteiger partial charge is 0.478 e. The number of nitrogens with zero attached hydrogens (tertiary/aromatic N) is 4. The molecule has 0 bridgehead atoms. The third kappa shape index (κ3) is 6.80. The first-order chi connectivity index (χ1) is 21.0. The number of amidine groups is 1. The van der Waals surface area contributed by atoms with Crippen molar-refractivity contribution in [1.82, 2.24) is 0 Å². The summed E-state index contributed by atoms with van der Waals surface area (Å²) in [6.45, 7) is 3.77. The summed E-state index contributed by atoms with van der Waals surface area (Å²) < 4.78 is 0. The Morgan fingerprint density at radius 1 is 1.00 bits per heavy atom. The van der Waals surface area contributed by atoms with Gasteiger partial charge in [-0.05, 0) is 90.7 Å². The zero-order valence-electron chi connectivity index (χ0n) is 24.7. The van der Waals surface area contributed by atoms with Crippen molar-refractivity contribution in [3.05, 3.63) is 106 Å². The number of amides is 2. The number of aldehydes is 1. The Hall–Kier alpha value is -5.39. The van der Waals surface area contributed by atoms with Gasteiger partial charge in [0.2, 0.25) is 5.91 Å². The number of aromatic carboxylic acids is 1. The van der Waals surface area contributed by atoms with E-state index in [4.69, 9.17) is 10.4 Å². The lowest BCUT2D eigenvalue weighted by atomic mass is 9.98. The van der Waals surface area contributed by atoms with Gasteiger partial charge in [-0.2, -0.15) is 5.01 Å². The van der Waals surface area contributed by atoms with Gasteiger partial charge in [0.05, 0.1) is 22.5 Å². The molecule has 0 aromatic heterocycles. The van der Waals surface area contributed by atoms with Crippen LogP contribution >= 0.6 is 0 Å². The fraction of sp³-hybridized carbons (Fsp3) is 0.182. The number of hydrazone groups is 1. The van der Waals surface area contributed by atoms with Crippen molar-refractivity contribution in [1.29, 1.82) is 0 Å². The highest BCUT2D eigenvalue weighted by atomic mass is 17.1. The highest BCUT2D eigenvalue weighted by molar-refractivity contribution is 6.40. The fourth-order valence-electron chi connectivity index (χ4n) is 4.70. The number of carbonyl (C=O) groups excluding carboxylic acids is 3. The smallest absolute Gasteiger partial charge is 0.335 e. The standard InChI is InChI=1S/C21H17N3O6.C12H15NO/c1-12-10-17(25)23(15-8-4-14(5-9-15)21(27)28)19-18(12)20(26)24(22-19)16-6-2-13(3-7-16)11-30-29;1-10-9-12(13(2)3)7-6-11(10)5-4-8-14/h2-9,29H,10-11H2,1H3,(H,27,28);4-9H,1-3H3. The maximum absolute atomic E-state index is 13.1. The van der Waals surface area contributed by atoms with Crippen LogP contribution < -0.4 is 14.8 Å². The molecule has 2 aliphatic rings. The second-order valence-electron chi connectivity index (χ2n) is 10.3. The predicted octanol–water partition coefficient (Wildman–Crippen LogP) is 5.06. The Kier molecular flexibility index (Phi) is 9.84. The van der Waals surface area contributed by atoms with Gasteiger partial charge in [-0.15, -0.1) is 5.10 Å². The highest BCUT2D eigenvalue weighted by Crippen LogP contribution is 2.34. The molecule has 5 rings (SSSR count). The second kappa shape index (κ2) is 13.7. The molecular formula is C33H32N4O7. The molecule has 0 fully saturated rings.